The number of unbranched alkanes of at least 4 members (excludes halogenated alkanes) is 2. The minimum Gasteiger partial charge on any atom is -0.398 e. The van der Waals surface area contributed by atoms with Crippen LogP contribution in [0, 0.1) is 12.7 Å². The predicted molar refractivity (Wildman–Crippen MR) is 76.3 cm³/mol. The smallest absolute Gasteiger partial charge is 0.245 e. The van der Waals surface area contributed by atoms with Crippen molar-refractivity contribution in [2.75, 3.05) is 25.9 Å². The van der Waals surface area contributed by atoms with Crippen molar-refractivity contribution >= 4 is 15.7 Å². The molecule has 0 atom stereocenters. The van der Waals surface area contributed by atoms with Crippen LogP contribution < -0.4 is 5.73 Å². The summed E-state index contributed by atoms with van der Waals surface area (Å²) >= 11 is 0. The maximum atomic E-state index is 13.8. The highest BCUT2D eigenvalue weighted by atomic mass is 32.2. The molecule has 0 saturated heterocycles. The van der Waals surface area contributed by atoms with E-state index in [9.17, 15) is 12.8 Å². The summed E-state index contributed by atoms with van der Waals surface area (Å²) in [4.78, 5) is -0.398. The molecule has 7 heteroatoms. The number of anilines is 1. The number of benzene rings is 1. The first-order chi connectivity index (χ1) is 9.30. The summed E-state index contributed by atoms with van der Waals surface area (Å²) in [7, 11) is -2.47. The Morgan fingerprint density at radius 2 is 1.95 bits per heavy atom. The summed E-state index contributed by atoms with van der Waals surface area (Å²) in [5.74, 6) is -0.793. The molecule has 1 rings (SSSR count). The minimum atomic E-state index is -3.88. The van der Waals surface area contributed by atoms with Crippen LogP contribution in [0.4, 0.5) is 10.1 Å². The first-order valence-electron chi connectivity index (χ1n) is 6.43. The van der Waals surface area contributed by atoms with Crippen molar-refractivity contribution in [2.45, 2.75) is 31.1 Å². The van der Waals surface area contributed by atoms with Gasteiger partial charge in [-0.05, 0) is 43.9 Å². The van der Waals surface area contributed by atoms with Gasteiger partial charge in [0.05, 0.1) is 0 Å². The van der Waals surface area contributed by atoms with E-state index in [-0.39, 0.29) is 18.8 Å². The maximum absolute atomic E-state index is 13.8. The molecule has 0 fully saturated rings. The second kappa shape index (κ2) is 7.01. The standard InChI is InChI=1S/C13H21FN2O3S/c1-10-8-11(14)13(9-12(10)15)20(18,19)16(2)6-4-3-5-7-17/h8-9,17H,3-7,15H2,1-2H3. The fourth-order valence-electron chi connectivity index (χ4n) is 1.78. The van der Waals surface area contributed by atoms with Crippen molar-refractivity contribution in [1.29, 1.82) is 0 Å². The molecule has 3 N–H and O–H groups in total. The van der Waals surface area contributed by atoms with Gasteiger partial charge >= 0.3 is 0 Å². The van der Waals surface area contributed by atoms with Crippen LogP contribution in [0.1, 0.15) is 24.8 Å². The number of aliphatic hydroxyl groups excluding tert-OH is 1. The van der Waals surface area contributed by atoms with Crippen LogP contribution >= 0.6 is 0 Å². The maximum Gasteiger partial charge on any atom is 0.245 e. The second-order valence-corrected chi connectivity index (χ2v) is 6.76. The lowest BCUT2D eigenvalue weighted by Crippen LogP contribution is -2.29. The summed E-state index contributed by atoms with van der Waals surface area (Å²) in [5, 5.41) is 8.67. The van der Waals surface area contributed by atoms with Gasteiger partial charge in [-0.25, -0.2) is 17.1 Å². The van der Waals surface area contributed by atoms with Gasteiger partial charge in [0.15, 0.2) is 0 Å². The molecule has 5 nitrogen and oxygen atoms in total. The van der Waals surface area contributed by atoms with Crippen LogP contribution in [0.25, 0.3) is 0 Å². The molecule has 0 spiro atoms. The van der Waals surface area contributed by atoms with Crippen molar-refractivity contribution in [3.05, 3.63) is 23.5 Å². The Morgan fingerprint density at radius 3 is 2.55 bits per heavy atom. The summed E-state index contributed by atoms with van der Waals surface area (Å²) in [6.07, 6.45) is 1.95. The SMILES string of the molecule is Cc1cc(F)c(S(=O)(=O)N(C)CCCCCO)cc1N. The lowest BCUT2D eigenvalue weighted by atomic mass is 10.2. The number of aryl methyl sites for hydroxylation is 1. The van der Waals surface area contributed by atoms with Crippen molar-refractivity contribution < 1.29 is 17.9 Å². The molecule has 0 saturated carbocycles. The fraction of sp³-hybridized carbons (Fsp3) is 0.538. The second-order valence-electron chi connectivity index (χ2n) is 4.75. The van der Waals surface area contributed by atoms with Crippen LogP contribution in [-0.4, -0.2) is 38.0 Å². The fourth-order valence-corrected chi connectivity index (χ4v) is 3.06. The number of aliphatic hydroxyl groups is 1. The highest BCUT2D eigenvalue weighted by molar-refractivity contribution is 7.89. The zero-order chi connectivity index (χ0) is 15.3. The Morgan fingerprint density at radius 1 is 1.30 bits per heavy atom. The average molecular weight is 304 g/mol. The van der Waals surface area contributed by atoms with Gasteiger partial charge < -0.3 is 10.8 Å². The third-order valence-electron chi connectivity index (χ3n) is 3.14. The van der Waals surface area contributed by atoms with Crippen molar-refractivity contribution in [2.24, 2.45) is 0 Å². The number of hydrogen-bond acceptors (Lipinski definition) is 4. The van der Waals surface area contributed by atoms with Crippen LogP contribution in [-0.2, 0) is 10.0 Å². The average Bonchev–Trinajstić information content (AvgIpc) is 2.38. The van der Waals surface area contributed by atoms with Crippen LogP contribution in [0.2, 0.25) is 0 Å². The Hall–Kier alpha value is -1.18. The topological polar surface area (TPSA) is 83.6 Å². The summed E-state index contributed by atoms with van der Waals surface area (Å²) in [6.45, 7) is 1.97. The summed E-state index contributed by atoms with van der Waals surface area (Å²) < 4.78 is 39.5. The molecular weight excluding hydrogens is 283 g/mol. The third-order valence-corrected chi connectivity index (χ3v) is 5.01. The largest absolute Gasteiger partial charge is 0.398 e. The molecule has 0 aliphatic carbocycles. The van der Waals surface area contributed by atoms with Crippen LogP contribution in [0.15, 0.2) is 17.0 Å². The van der Waals surface area contributed by atoms with Crippen molar-refractivity contribution in [3.8, 4) is 0 Å². The molecule has 0 radical (unpaired) electrons. The highest BCUT2D eigenvalue weighted by Crippen LogP contribution is 2.24. The predicted octanol–water partition coefficient (Wildman–Crippen LogP) is 1.50. The van der Waals surface area contributed by atoms with Gasteiger partial charge in [-0.2, -0.15) is 0 Å². The molecule has 0 heterocycles. The van der Waals surface area contributed by atoms with Gasteiger partial charge in [0.1, 0.15) is 10.7 Å². The number of rotatable bonds is 7. The summed E-state index contributed by atoms with van der Waals surface area (Å²) in [6, 6.07) is 2.28. The lowest BCUT2D eigenvalue weighted by Gasteiger charge is -2.18. The van der Waals surface area contributed by atoms with Gasteiger partial charge in [-0.1, -0.05) is 0 Å². The van der Waals surface area contributed by atoms with E-state index in [4.69, 9.17) is 10.8 Å². The van der Waals surface area contributed by atoms with Gasteiger partial charge in [-0.3, -0.25) is 0 Å². The molecule has 1 aromatic rings. The Bertz CT molecular complexity index is 561. The van der Waals surface area contributed by atoms with E-state index in [0.29, 0.717) is 18.4 Å². The molecule has 20 heavy (non-hydrogen) atoms. The molecule has 0 aromatic heterocycles. The van der Waals surface area contributed by atoms with E-state index >= 15 is 0 Å². The lowest BCUT2D eigenvalue weighted by molar-refractivity contribution is 0.281. The normalized spacial score (nSPS) is 12.1. The molecule has 0 aliphatic heterocycles. The molecule has 0 bridgehead atoms. The van der Waals surface area contributed by atoms with Crippen molar-refractivity contribution in [1.82, 2.24) is 4.31 Å². The molecule has 1 aromatic carbocycles. The number of hydrogen-bond donors (Lipinski definition) is 2. The zero-order valence-electron chi connectivity index (χ0n) is 11.8. The first-order valence-corrected chi connectivity index (χ1v) is 7.87. The van der Waals surface area contributed by atoms with Crippen LogP contribution in [0.5, 0.6) is 0 Å². The van der Waals surface area contributed by atoms with E-state index in [1.54, 1.807) is 6.92 Å². The third kappa shape index (κ3) is 3.91. The van der Waals surface area contributed by atoms with Gasteiger partial charge in [0.25, 0.3) is 0 Å². The molecule has 0 unspecified atom stereocenters. The van der Waals surface area contributed by atoms with Gasteiger partial charge in [0, 0.05) is 25.9 Å². The summed E-state index contributed by atoms with van der Waals surface area (Å²) in [5.41, 5.74) is 6.40. The van der Waals surface area contributed by atoms with Gasteiger partial charge in [-0.15, -0.1) is 0 Å². The van der Waals surface area contributed by atoms with E-state index in [1.807, 2.05) is 0 Å². The highest BCUT2D eigenvalue weighted by Gasteiger charge is 2.24. The molecule has 114 valence electrons. The van der Waals surface area contributed by atoms with E-state index < -0.39 is 20.7 Å². The Balaban J connectivity index is 2.90. The van der Waals surface area contributed by atoms with Crippen molar-refractivity contribution in [3.63, 3.8) is 0 Å². The minimum absolute atomic E-state index is 0.0829. The van der Waals surface area contributed by atoms with Crippen LogP contribution in [0.3, 0.4) is 0 Å². The quantitative estimate of drug-likeness (QED) is 0.590. The zero-order valence-corrected chi connectivity index (χ0v) is 12.6. The number of nitrogens with two attached hydrogens (primary N) is 1. The Kier molecular flexibility index (Phi) is 5.91. The number of nitrogen functional groups attached to an aromatic ring is 1. The number of sulfonamides is 1. The Labute approximate surface area is 119 Å². The van der Waals surface area contributed by atoms with E-state index in [1.165, 1.54) is 7.05 Å². The molecular formula is C13H21FN2O3S. The first kappa shape index (κ1) is 16.9. The molecule has 0 aliphatic rings. The number of halogens is 1. The van der Waals surface area contributed by atoms with E-state index in [2.05, 4.69) is 0 Å². The molecule has 0 amide bonds. The van der Waals surface area contributed by atoms with Gasteiger partial charge in [0.2, 0.25) is 10.0 Å². The monoisotopic (exact) mass is 304 g/mol. The number of nitrogens with zero attached hydrogens (tertiary/aromatic N) is 1. The van der Waals surface area contributed by atoms with E-state index in [0.717, 1.165) is 22.9 Å².